The van der Waals surface area contributed by atoms with Crippen LogP contribution in [0.5, 0.6) is 0 Å². The van der Waals surface area contributed by atoms with E-state index < -0.39 is 0 Å². The van der Waals surface area contributed by atoms with Crippen LogP contribution in [0.4, 0.5) is 5.13 Å². The van der Waals surface area contributed by atoms with Gasteiger partial charge in [-0.2, -0.15) is 5.26 Å². The quantitative estimate of drug-likeness (QED) is 0.861. The highest BCUT2D eigenvalue weighted by atomic mass is 35.5. The smallest absolute Gasteiger partial charge is 0.203 e. The van der Waals surface area contributed by atoms with E-state index in [0.717, 1.165) is 11.3 Å². The maximum absolute atomic E-state index is 9.11. The van der Waals surface area contributed by atoms with Gasteiger partial charge in [-0.15, -0.1) is 10.2 Å². The first-order valence-electron chi connectivity index (χ1n) is 4.76. The molecule has 0 bridgehead atoms. The van der Waals surface area contributed by atoms with Crippen LogP contribution in [0.2, 0.25) is 10.0 Å². The van der Waals surface area contributed by atoms with Crippen molar-refractivity contribution in [3.05, 3.63) is 38.8 Å². The summed E-state index contributed by atoms with van der Waals surface area (Å²) < 4.78 is 0. The van der Waals surface area contributed by atoms with Crippen LogP contribution >= 0.6 is 34.5 Å². The number of hydrogen-bond donors (Lipinski definition) is 1. The van der Waals surface area contributed by atoms with Crippen LogP contribution in [0.15, 0.2) is 18.2 Å². The number of hydrogen-bond acceptors (Lipinski definition) is 5. The molecule has 0 aliphatic heterocycles. The van der Waals surface area contributed by atoms with Crippen LogP contribution in [-0.4, -0.2) is 10.2 Å². The SMILES string of the molecule is N#C/C(=C/c1ccc(Cl)cc1Cl)c1nnc(N)s1. The lowest BCUT2D eigenvalue weighted by atomic mass is 10.1. The Labute approximate surface area is 117 Å². The number of nitrogens with zero attached hydrogens (tertiary/aromatic N) is 3. The summed E-state index contributed by atoms with van der Waals surface area (Å²) in [5, 5.41) is 18.4. The zero-order chi connectivity index (χ0) is 13.1. The molecule has 7 heteroatoms. The number of nitriles is 1. The third kappa shape index (κ3) is 2.79. The predicted octanol–water partition coefficient (Wildman–Crippen LogP) is 3.49. The molecule has 0 radical (unpaired) electrons. The lowest BCUT2D eigenvalue weighted by Crippen LogP contribution is -1.83. The molecule has 18 heavy (non-hydrogen) atoms. The van der Waals surface area contributed by atoms with Crippen LogP contribution in [0, 0.1) is 11.3 Å². The molecule has 0 unspecified atom stereocenters. The normalized spacial score (nSPS) is 11.3. The minimum absolute atomic E-state index is 0.313. The van der Waals surface area contributed by atoms with E-state index in [2.05, 4.69) is 10.2 Å². The number of allylic oxidation sites excluding steroid dienone is 1. The summed E-state index contributed by atoms with van der Waals surface area (Å²) in [6.07, 6.45) is 1.62. The summed E-state index contributed by atoms with van der Waals surface area (Å²) in [4.78, 5) is 0. The summed E-state index contributed by atoms with van der Waals surface area (Å²) in [5.41, 5.74) is 6.52. The van der Waals surface area contributed by atoms with E-state index in [0.29, 0.717) is 31.3 Å². The van der Waals surface area contributed by atoms with Crippen molar-refractivity contribution in [1.29, 1.82) is 5.26 Å². The van der Waals surface area contributed by atoms with Gasteiger partial charge in [0.25, 0.3) is 0 Å². The molecule has 2 N–H and O–H groups in total. The second-order valence-electron chi connectivity index (χ2n) is 3.28. The summed E-state index contributed by atoms with van der Waals surface area (Å²) in [7, 11) is 0. The Morgan fingerprint density at radius 1 is 1.39 bits per heavy atom. The van der Waals surface area contributed by atoms with Crippen LogP contribution < -0.4 is 5.73 Å². The average molecular weight is 297 g/mol. The Morgan fingerprint density at radius 3 is 2.72 bits per heavy atom. The first-order chi connectivity index (χ1) is 8.60. The molecule has 4 nitrogen and oxygen atoms in total. The first-order valence-corrected chi connectivity index (χ1v) is 6.33. The zero-order valence-electron chi connectivity index (χ0n) is 8.89. The van der Waals surface area contributed by atoms with Gasteiger partial charge in [0.15, 0.2) is 5.01 Å². The van der Waals surface area contributed by atoms with E-state index in [-0.39, 0.29) is 0 Å². The maximum Gasteiger partial charge on any atom is 0.203 e. The molecule has 0 saturated heterocycles. The molecule has 2 aromatic rings. The summed E-state index contributed by atoms with van der Waals surface area (Å²) >= 11 is 13.0. The largest absolute Gasteiger partial charge is 0.374 e. The molecule has 0 amide bonds. The van der Waals surface area contributed by atoms with E-state index in [4.69, 9.17) is 34.2 Å². The molecule has 1 aromatic heterocycles. The second kappa shape index (κ2) is 5.36. The third-order valence-electron chi connectivity index (χ3n) is 2.05. The topological polar surface area (TPSA) is 75.6 Å². The van der Waals surface area contributed by atoms with Gasteiger partial charge in [-0.25, -0.2) is 0 Å². The molecular weight excluding hydrogens is 291 g/mol. The minimum Gasteiger partial charge on any atom is -0.374 e. The van der Waals surface area contributed by atoms with Gasteiger partial charge < -0.3 is 5.73 Å². The van der Waals surface area contributed by atoms with E-state index >= 15 is 0 Å². The molecule has 1 aromatic carbocycles. The number of aromatic nitrogens is 2. The van der Waals surface area contributed by atoms with Crippen molar-refractivity contribution in [3.8, 4) is 6.07 Å². The van der Waals surface area contributed by atoms with E-state index in [1.54, 1.807) is 24.3 Å². The highest BCUT2D eigenvalue weighted by molar-refractivity contribution is 7.16. The van der Waals surface area contributed by atoms with Crippen molar-refractivity contribution in [2.24, 2.45) is 0 Å². The standard InChI is InChI=1S/C11H6Cl2N4S/c12-8-2-1-6(9(13)4-8)3-7(5-14)10-16-17-11(15)18-10/h1-4H,(H2,15,17)/b7-3-. The van der Waals surface area contributed by atoms with Gasteiger partial charge in [-0.05, 0) is 23.8 Å². The number of anilines is 1. The fourth-order valence-corrected chi connectivity index (χ4v) is 2.30. The Hall–Kier alpha value is -1.61. The number of halogens is 2. The van der Waals surface area contributed by atoms with Gasteiger partial charge in [0.2, 0.25) is 5.13 Å². The van der Waals surface area contributed by atoms with Gasteiger partial charge in [-0.1, -0.05) is 40.6 Å². The summed E-state index contributed by atoms with van der Waals surface area (Å²) in [6, 6.07) is 7.08. The highest BCUT2D eigenvalue weighted by Gasteiger charge is 2.08. The Morgan fingerprint density at radius 2 is 2.17 bits per heavy atom. The predicted molar refractivity (Wildman–Crippen MR) is 74.3 cm³/mol. The average Bonchev–Trinajstić information content (AvgIpc) is 2.75. The molecule has 90 valence electrons. The molecule has 0 spiro atoms. The molecule has 1 heterocycles. The lowest BCUT2D eigenvalue weighted by Gasteiger charge is -1.99. The van der Waals surface area contributed by atoms with Gasteiger partial charge in [0.05, 0.1) is 5.57 Å². The van der Waals surface area contributed by atoms with Crippen LogP contribution in [-0.2, 0) is 0 Å². The minimum atomic E-state index is 0.313. The Kier molecular flexibility index (Phi) is 3.82. The van der Waals surface area contributed by atoms with Gasteiger partial charge in [-0.3, -0.25) is 0 Å². The van der Waals surface area contributed by atoms with E-state index in [1.165, 1.54) is 0 Å². The fourth-order valence-electron chi connectivity index (χ4n) is 1.26. The van der Waals surface area contributed by atoms with Crippen LogP contribution in [0.3, 0.4) is 0 Å². The molecule has 2 rings (SSSR count). The van der Waals surface area contributed by atoms with Crippen LogP contribution in [0.25, 0.3) is 11.6 Å². The fraction of sp³-hybridized carbons (Fsp3) is 0. The number of rotatable bonds is 2. The first kappa shape index (κ1) is 12.8. The molecule has 0 atom stereocenters. The van der Waals surface area contributed by atoms with E-state index in [1.807, 2.05) is 6.07 Å². The van der Waals surface area contributed by atoms with Crippen molar-refractivity contribution in [2.45, 2.75) is 0 Å². The zero-order valence-corrected chi connectivity index (χ0v) is 11.2. The van der Waals surface area contributed by atoms with Gasteiger partial charge >= 0.3 is 0 Å². The number of nitrogen functional groups attached to an aromatic ring is 1. The highest BCUT2D eigenvalue weighted by Crippen LogP contribution is 2.27. The Balaban J connectivity index is 2.45. The molecule has 0 aliphatic carbocycles. The Bertz CT molecular complexity index is 657. The van der Waals surface area contributed by atoms with Crippen molar-refractivity contribution >= 4 is 51.3 Å². The monoisotopic (exact) mass is 296 g/mol. The second-order valence-corrected chi connectivity index (χ2v) is 5.13. The molecule has 0 aliphatic rings. The maximum atomic E-state index is 9.11. The number of nitrogens with two attached hydrogens (primary N) is 1. The van der Waals surface area contributed by atoms with Gasteiger partial charge in [0, 0.05) is 10.0 Å². The van der Waals surface area contributed by atoms with Gasteiger partial charge in [0.1, 0.15) is 6.07 Å². The van der Waals surface area contributed by atoms with Crippen molar-refractivity contribution in [2.75, 3.05) is 5.73 Å². The van der Waals surface area contributed by atoms with E-state index in [9.17, 15) is 0 Å². The molecule has 0 saturated carbocycles. The third-order valence-corrected chi connectivity index (χ3v) is 3.40. The van der Waals surface area contributed by atoms with Crippen molar-refractivity contribution in [1.82, 2.24) is 10.2 Å². The summed E-state index contributed by atoms with van der Waals surface area (Å²) in [6.45, 7) is 0. The van der Waals surface area contributed by atoms with Crippen molar-refractivity contribution < 1.29 is 0 Å². The molecule has 0 fully saturated rings. The lowest BCUT2D eigenvalue weighted by molar-refractivity contribution is 1.08. The summed E-state index contributed by atoms with van der Waals surface area (Å²) in [5.74, 6) is 0. The van der Waals surface area contributed by atoms with Crippen LogP contribution in [0.1, 0.15) is 10.6 Å². The number of benzene rings is 1. The van der Waals surface area contributed by atoms with Crippen molar-refractivity contribution in [3.63, 3.8) is 0 Å². The molecular formula is C11H6Cl2N4S.